The largest absolute Gasteiger partial charge is 0.493 e. The highest BCUT2D eigenvalue weighted by molar-refractivity contribution is 7.17. The van der Waals surface area contributed by atoms with E-state index in [0.717, 1.165) is 22.4 Å². The predicted molar refractivity (Wildman–Crippen MR) is 122 cm³/mol. The van der Waals surface area contributed by atoms with Crippen molar-refractivity contribution in [3.63, 3.8) is 0 Å². The van der Waals surface area contributed by atoms with E-state index in [9.17, 15) is 9.59 Å². The molecule has 0 aliphatic rings. The van der Waals surface area contributed by atoms with Crippen LogP contribution in [0.1, 0.15) is 26.5 Å². The van der Waals surface area contributed by atoms with Crippen molar-refractivity contribution in [3.05, 3.63) is 58.1 Å². The fraction of sp³-hybridized carbons (Fsp3) is 0.261. The number of thiazole rings is 1. The lowest BCUT2D eigenvalue weighted by atomic mass is 10.1. The number of nitrogens with zero attached hydrogens (tertiary/aromatic N) is 1. The van der Waals surface area contributed by atoms with Gasteiger partial charge in [-0.15, -0.1) is 11.3 Å². The normalized spacial score (nSPS) is 10.5. The van der Waals surface area contributed by atoms with Gasteiger partial charge in [0.15, 0.2) is 11.5 Å². The van der Waals surface area contributed by atoms with Crippen LogP contribution in [0, 0.1) is 20.8 Å². The Bertz CT molecular complexity index is 1100. The first kappa shape index (κ1) is 22.3. The minimum atomic E-state index is -0.335. The first-order chi connectivity index (χ1) is 14.8. The van der Waals surface area contributed by atoms with Gasteiger partial charge in [-0.3, -0.25) is 9.59 Å². The van der Waals surface area contributed by atoms with Crippen molar-refractivity contribution in [2.45, 2.75) is 20.8 Å². The molecule has 2 aromatic carbocycles. The molecule has 0 aliphatic carbocycles. The zero-order valence-electron chi connectivity index (χ0n) is 18.2. The van der Waals surface area contributed by atoms with Crippen molar-refractivity contribution in [3.8, 4) is 22.1 Å². The number of para-hydroxylation sites is 1. The summed E-state index contributed by atoms with van der Waals surface area (Å²) >= 11 is 1.26. The highest BCUT2D eigenvalue weighted by Crippen LogP contribution is 2.35. The van der Waals surface area contributed by atoms with Gasteiger partial charge in [-0.1, -0.05) is 18.2 Å². The first-order valence-corrected chi connectivity index (χ1v) is 10.5. The fourth-order valence-corrected chi connectivity index (χ4v) is 4.11. The Morgan fingerprint density at radius 1 is 1.00 bits per heavy atom. The van der Waals surface area contributed by atoms with Crippen molar-refractivity contribution in [1.82, 2.24) is 10.3 Å². The standard InChI is InChI=1S/C23H25N3O4S/c1-13-7-6-8-14(2)20(13)26-19(27)12-24-22(28)21-15(3)25-23(31-21)16-9-10-17(29-4)18(11-16)30-5/h6-11H,12H2,1-5H3,(H,24,28)(H,26,27). The van der Waals surface area contributed by atoms with Crippen LogP contribution >= 0.6 is 11.3 Å². The van der Waals surface area contributed by atoms with Crippen molar-refractivity contribution < 1.29 is 19.1 Å². The zero-order chi connectivity index (χ0) is 22.5. The van der Waals surface area contributed by atoms with Gasteiger partial charge in [-0.25, -0.2) is 4.98 Å². The quantitative estimate of drug-likeness (QED) is 0.578. The second-order valence-electron chi connectivity index (χ2n) is 7.00. The number of rotatable bonds is 7. The van der Waals surface area contributed by atoms with Crippen molar-refractivity contribution >= 4 is 28.8 Å². The van der Waals surface area contributed by atoms with Crippen LogP contribution in [0.2, 0.25) is 0 Å². The zero-order valence-corrected chi connectivity index (χ0v) is 19.0. The summed E-state index contributed by atoms with van der Waals surface area (Å²) in [6, 6.07) is 11.3. The van der Waals surface area contributed by atoms with Crippen molar-refractivity contribution in [2.24, 2.45) is 0 Å². The van der Waals surface area contributed by atoms with E-state index >= 15 is 0 Å². The minimum Gasteiger partial charge on any atom is -0.493 e. The summed E-state index contributed by atoms with van der Waals surface area (Å²) in [4.78, 5) is 30.0. The minimum absolute atomic E-state index is 0.129. The second-order valence-corrected chi connectivity index (χ2v) is 8.00. The molecule has 2 N–H and O–H groups in total. The van der Waals surface area contributed by atoms with Crippen LogP contribution < -0.4 is 20.1 Å². The summed E-state index contributed by atoms with van der Waals surface area (Å²) in [6.45, 7) is 5.50. The monoisotopic (exact) mass is 439 g/mol. The molecule has 0 atom stereocenters. The van der Waals surface area contributed by atoms with Gasteiger partial charge in [0.1, 0.15) is 9.88 Å². The highest BCUT2D eigenvalue weighted by atomic mass is 32.1. The lowest BCUT2D eigenvalue weighted by molar-refractivity contribution is -0.115. The Kier molecular flexibility index (Phi) is 6.91. The highest BCUT2D eigenvalue weighted by Gasteiger charge is 2.18. The summed E-state index contributed by atoms with van der Waals surface area (Å²) in [7, 11) is 3.14. The molecular weight excluding hydrogens is 414 g/mol. The Labute approximate surface area is 185 Å². The molecule has 0 bridgehead atoms. The Hall–Kier alpha value is -3.39. The molecule has 3 aromatic rings. The van der Waals surface area contributed by atoms with E-state index in [2.05, 4.69) is 15.6 Å². The number of anilines is 1. The van der Waals surface area contributed by atoms with Gasteiger partial charge >= 0.3 is 0 Å². The van der Waals surface area contributed by atoms with E-state index in [-0.39, 0.29) is 18.4 Å². The molecule has 0 saturated heterocycles. The average molecular weight is 440 g/mol. The SMILES string of the molecule is COc1ccc(-c2nc(C)c(C(=O)NCC(=O)Nc3c(C)cccc3C)s2)cc1OC. The van der Waals surface area contributed by atoms with Gasteiger partial charge in [-0.2, -0.15) is 0 Å². The molecule has 0 saturated carbocycles. The fourth-order valence-electron chi connectivity index (χ4n) is 3.14. The number of carbonyl (C=O) groups excluding carboxylic acids is 2. The number of carbonyl (C=O) groups is 2. The van der Waals surface area contributed by atoms with Crippen LogP contribution in [0.5, 0.6) is 11.5 Å². The lowest BCUT2D eigenvalue weighted by Crippen LogP contribution is -2.33. The van der Waals surface area contributed by atoms with Gasteiger partial charge < -0.3 is 20.1 Å². The number of hydrogen-bond acceptors (Lipinski definition) is 6. The third kappa shape index (κ3) is 5.03. The number of methoxy groups -OCH3 is 2. The molecular formula is C23H25N3O4S. The first-order valence-electron chi connectivity index (χ1n) is 9.68. The lowest BCUT2D eigenvalue weighted by Gasteiger charge is -2.11. The maximum Gasteiger partial charge on any atom is 0.263 e. The molecule has 1 aromatic heterocycles. The van der Waals surface area contributed by atoms with E-state index in [1.54, 1.807) is 27.2 Å². The van der Waals surface area contributed by atoms with Crippen LogP contribution in [-0.2, 0) is 4.79 Å². The summed E-state index contributed by atoms with van der Waals surface area (Å²) < 4.78 is 10.6. The van der Waals surface area contributed by atoms with Gasteiger partial charge in [-0.05, 0) is 50.1 Å². The summed E-state index contributed by atoms with van der Waals surface area (Å²) in [5.41, 5.74) is 4.13. The predicted octanol–water partition coefficient (Wildman–Crippen LogP) is 4.12. The molecule has 0 unspecified atom stereocenters. The molecule has 1 heterocycles. The van der Waals surface area contributed by atoms with Gasteiger partial charge in [0, 0.05) is 11.3 Å². The van der Waals surface area contributed by atoms with E-state index in [0.29, 0.717) is 27.1 Å². The smallest absolute Gasteiger partial charge is 0.263 e. The summed E-state index contributed by atoms with van der Waals surface area (Å²) in [5.74, 6) is 0.584. The van der Waals surface area contributed by atoms with E-state index in [1.165, 1.54) is 11.3 Å². The van der Waals surface area contributed by atoms with Gasteiger partial charge in [0.05, 0.1) is 26.5 Å². The molecule has 0 aliphatic heterocycles. The molecule has 0 radical (unpaired) electrons. The van der Waals surface area contributed by atoms with Gasteiger partial charge in [0.2, 0.25) is 5.91 Å². The number of ether oxygens (including phenoxy) is 2. The third-order valence-corrected chi connectivity index (χ3v) is 5.99. The maximum absolute atomic E-state index is 12.7. The van der Waals surface area contributed by atoms with E-state index in [4.69, 9.17) is 9.47 Å². The molecule has 8 heteroatoms. The Morgan fingerprint density at radius 2 is 1.68 bits per heavy atom. The number of aryl methyl sites for hydroxylation is 3. The molecule has 3 rings (SSSR count). The van der Waals surface area contributed by atoms with Crippen LogP contribution in [0.4, 0.5) is 5.69 Å². The summed E-state index contributed by atoms with van der Waals surface area (Å²) in [6.07, 6.45) is 0. The van der Waals surface area contributed by atoms with Crippen LogP contribution in [-0.4, -0.2) is 37.6 Å². The molecule has 2 amide bonds. The molecule has 0 spiro atoms. The summed E-state index contributed by atoms with van der Waals surface area (Å²) in [5, 5.41) is 6.23. The molecule has 162 valence electrons. The number of aromatic nitrogens is 1. The van der Waals surface area contributed by atoms with Crippen LogP contribution in [0.15, 0.2) is 36.4 Å². The Balaban J connectivity index is 1.69. The maximum atomic E-state index is 12.7. The molecule has 7 nitrogen and oxygen atoms in total. The van der Waals surface area contributed by atoms with E-state index < -0.39 is 0 Å². The number of amides is 2. The van der Waals surface area contributed by atoms with Crippen LogP contribution in [0.3, 0.4) is 0 Å². The van der Waals surface area contributed by atoms with Crippen LogP contribution in [0.25, 0.3) is 10.6 Å². The van der Waals surface area contributed by atoms with Crippen molar-refractivity contribution in [1.29, 1.82) is 0 Å². The van der Waals surface area contributed by atoms with E-state index in [1.807, 2.05) is 44.2 Å². The molecule has 31 heavy (non-hydrogen) atoms. The number of hydrogen-bond donors (Lipinski definition) is 2. The Morgan fingerprint density at radius 3 is 2.32 bits per heavy atom. The average Bonchev–Trinajstić information content (AvgIpc) is 3.15. The van der Waals surface area contributed by atoms with Gasteiger partial charge in [0.25, 0.3) is 5.91 Å². The third-order valence-electron chi connectivity index (χ3n) is 4.79. The topological polar surface area (TPSA) is 89.5 Å². The van der Waals surface area contributed by atoms with Crippen molar-refractivity contribution in [2.75, 3.05) is 26.1 Å². The number of benzene rings is 2. The number of nitrogens with one attached hydrogen (secondary N) is 2. The second kappa shape index (κ2) is 9.61. The molecule has 0 fully saturated rings.